The van der Waals surface area contributed by atoms with Crippen LogP contribution in [0, 0.1) is 5.41 Å². The molecule has 0 saturated carbocycles. The fraction of sp³-hybridized carbons (Fsp3) is 0.571. The van der Waals surface area contributed by atoms with Gasteiger partial charge in [-0.15, -0.1) is 0 Å². The van der Waals surface area contributed by atoms with Gasteiger partial charge in [0.15, 0.2) is 0 Å². The normalized spacial score (nSPS) is 16.2. The molecule has 0 saturated heterocycles. The van der Waals surface area contributed by atoms with Gasteiger partial charge in [0, 0.05) is 6.04 Å². The molecule has 1 aromatic rings. The Labute approximate surface area is 111 Å². The molecule has 0 amide bonds. The molecule has 0 aromatic heterocycles. The van der Waals surface area contributed by atoms with Crippen LogP contribution < -0.4 is 5.73 Å². The Balaban J connectivity index is 2.98. The molecule has 0 radical (unpaired) electrons. The quantitative estimate of drug-likeness (QED) is 0.886. The first-order valence-electron chi connectivity index (χ1n) is 6.13. The van der Waals surface area contributed by atoms with Gasteiger partial charge in [0.25, 0.3) is 0 Å². The third-order valence-corrected chi connectivity index (χ3v) is 3.21. The van der Waals surface area contributed by atoms with Gasteiger partial charge in [-0.25, -0.2) is 0 Å². The number of aliphatic hydroxyl groups excluding tert-OH is 1. The third-order valence-electron chi connectivity index (χ3n) is 3.21. The number of halogens is 3. The van der Waals surface area contributed by atoms with E-state index in [2.05, 4.69) is 0 Å². The molecule has 5 heteroatoms. The van der Waals surface area contributed by atoms with E-state index in [-0.39, 0.29) is 23.4 Å². The summed E-state index contributed by atoms with van der Waals surface area (Å²) < 4.78 is 38.5. The van der Waals surface area contributed by atoms with E-state index in [4.69, 9.17) is 5.73 Å². The lowest BCUT2D eigenvalue weighted by Crippen LogP contribution is -2.36. The summed E-state index contributed by atoms with van der Waals surface area (Å²) in [5.41, 5.74) is 4.72. The Morgan fingerprint density at radius 2 is 1.68 bits per heavy atom. The first-order chi connectivity index (χ1) is 8.53. The van der Waals surface area contributed by atoms with Gasteiger partial charge < -0.3 is 10.8 Å². The van der Waals surface area contributed by atoms with E-state index in [0.717, 1.165) is 6.07 Å². The summed E-state index contributed by atoms with van der Waals surface area (Å²) >= 11 is 0. The highest BCUT2D eigenvalue weighted by molar-refractivity contribution is 5.31. The van der Waals surface area contributed by atoms with Crippen LogP contribution in [0.5, 0.6) is 0 Å². The van der Waals surface area contributed by atoms with Gasteiger partial charge in [-0.3, -0.25) is 0 Å². The van der Waals surface area contributed by atoms with Crippen LogP contribution in [0.25, 0.3) is 0 Å². The van der Waals surface area contributed by atoms with Crippen molar-refractivity contribution in [2.24, 2.45) is 11.1 Å². The van der Waals surface area contributed by atoms with Gasteiger partial charge in [0.05, 0.1) is 11.7 Å². The largest absolute Gasteiger partial charge is 0.416 e. The standard InChI is InChI=1S/C14H20F3NO/c1-13(2,3)12(18)8-11(19)9-6-4-5-7-10(9)14(15,16)17/h4-7,11-12,19H,8,18H2,1-3H3/t11-,12+/m1/s1. The van der Waals surface area contributed by atoms with Gasteiger partial charge in [-0.2, -0.15) is 13.2 Å². The lowest BCUT2D eigenvalue weighted by Gasteiger charge is -2.29. The van der Waals surface area contributed by atoms with E-state index in [1.807, 2.05) is 20.8 Å². The minimum absolute atomic E-state index is 0.0938. The first kappa shape index (κ1) is 16.0. The summed E-state index contributed by atoms with van der Waals surface area (Å²) in [6.07, 6.45) is -5.59. The predicted octanol–water partition coefficient (Wildman–Crippen LogP) is 3.50. The van der Waals surface area contributed by atoms with Crippen LogP contribution in [-0.2, 0) is 6.18 Å². The third kappa shape index (κ3) is 4.21. The number of benzene rings is 1. The Bertz CT molecular complexity index is 423. The second-order valence-electron chi connectivity index (χ2n) is 5.81. The molecule has 19 heavy (non-hydrogen) atoms. The summed E-state index contributed by atoms with van der Waals surface area (Å²) in [6, 6.07) is 4.67. The second-order valence-corrected chi connectivity index (χ2v) is 5.81. The summed E-state index contributed by atoms with van der Waals surface area (Å²) in [4.78, 5) is 0. The number of hydrogen-bond acceptors (Lipinski definition) is 2. The lowest BCUT2D eigenvalue weighted by molar-refractivity contribution is -0.139. The van der Waals surface area contributed by atoms with Crippen LogP contribution in [0.15, 0.2) is 24.3 Å². The van der Waals surface area contributed by atoms with Crippen molar-refractivity contribution in [3.63, 3.8) is 0 Å². The van der Waals surface area contributed by atoms with E-state index >= 15 is 0 Å². The monoisotopic (exact) mass is 275 g/mol. The predicted molar refractivity (Wildman–Crippen MR) is 68.5 cm³/mol. The fourth-order valence-corrected chi connectivity index (χ4v) is 1.77. The van der Waals surface area contributed by atoms with Crippen LogP contribution in [0.3, 0.4) is 0 Å². The molecule has 0 aliphatic rings. The smallest absolute Gasteiger partial charge is 0.388 e. The number of alkyl halides is 3. The van der Waals surface area contributed by atoms with Crippen LogP contribution in [0.4, 0.5) is 13.2 Å². The zero-order valence-corrected chi connectivity index (χ0v) is 11.3. The van der Waals surface area contributed by atoms with Crippen LogP contribution in [0.2, 0.25) is 0 Å². The maximum atomic E-state index is 12.8. The molecule has 1 rings (SSSR count). The molecule has 0 bridgehead atoms. The molecule has 0 aliphatic carbocycles. The average molecular weight is 275 g/mol. The zero-order chi connectivity index (χ0) is 14.8. The highest BCUT2D eigenvalue weighted by atomic mass is 19.4. The maximum absolute atomic E-state index is 12.8. The highest BCUT2D eigenvalue weighted by Crippen LogP contribution is 2.36. The molecule has 2 nitrogen and oxygen atoms in total. The summed E-state index contributed by atoms with van der Waals surface area (Å²) in [5.74, 6) is 0. The summed E-state index contributed by atoms with van der Waals surface area (Å²) in [5, 5.41) is 10.0. The number of nitrogens with two attached hydrogens (primary N) is 1. The molecule has 0 heterocycles. The van der Waals surface area contributed by atoms with Gasteiger partial charge in [0.2, 0.25) is 0 Å². The molecule has 3 N–H and O–H groups in total. The van der Waals surface area contributed by atoms with E-state index in [1.54, 1.807) is 0 Å². The molecule has 0 fully saturated rings. The minimum atomic E-state index is -4.47. The number of hydrogen-bond donors (Lipinski definition) is 2. The topological polar surface area (TPSA) is 46.2 Å². The molecule has 0 spiro atoms. The highest BCUT2D eigenvalue weighted by Gasteiger charge is 2.35. The van der Waals surface area contributed by atoms with Crippen molar-refractivity contribution in [1.29, 1.82) is 0 Å². The molecule has 0 unspecified atom stereocenters. The van der Waals surface area contributed by atoms with E-state index in [0.29, 0.717) is 0 Å². The molecular weight excluding hydrogens is 255 g/mol. The van der Waals surface area contributed by atoms with Crippen molar-refractivity contribution in [2.45, 2.75) is 45.5 Å². The Morgan fingerprint density at radius 1 is 1.16 bits per heavy atom. The van der Waals surface area contributed by atoms with E-state index < -0.39 is 17.8 Å². The minimum Gasteiger partial charge on any atom is -0.388 e. The first-order valence-corrected chi connectivity index (χ1v) is 6.13. The SMILES string of the molecule is CC(C)(C)[C@@H](N)C[C@@H](O)c1ccccc1C(F)(F)F. The Kier molecular flexibility index (Phi) is 4.63. The van der Waals surface area contributed by atoms with Crippen molar-refractivity contribution in [2.75, 3.05) is 0 Å². The Hall–Kier alpha value is -1.07. The summed E-state index contributed by atoms with van der Waals surface area (Å²) in [7, 11) is 0. The molecule has 108 valence electrons. The molecular formula is C14H20F3NO. The van der Waals surface area contributed by atoms with E-state index in [1.165, 1.54) is 18.2 Å². The summed E-state index contributed by atoms with van der Waals surface area (Å²) in [6.45, 7) is 5.67. The van der Waals surface area contributed by atoms with Crippen molar-refractivity contribution < 1.29 is 18.3 Å². The Morgan fingerprint density at radius 3 is 2.16 bits per heavy atom. The van der Waals surface area contributed by atoms with Crippen LogP contribution in [-0.4, -0.2) is 11.1 Å². The maximum Gasteiger partial charge on any atom is 0.416 e. The van der Waals surface area contributed by atoms with Crippen molar-refractivity contribution >= 4 is 0 Å². The fourth-order valence-electron chi connectivity index (χ4n) is 1.77. The molecule has 1 aromatic carbocycles. The van der Waals surface area contributed by atoms with E-state index in [9.17, 15) is 18.3 Å². The lowest BCUT2D eigenvalue weighted by atomic mass is 9.82. The van der Waals surface area contributed by atoms with Crippen molar-refractivity contribution in [3.8, 4) is 0 Å². The second kappa shape index (κ2) is 5.51. The van der Waals surface area contributed by atoms with Crippen molar-refractivity contribution in [1.82, 2.24) is 0 Å². The van der Waals surface area contributed by atoms with Gasteiger partial charge in [0.1, 0.15) is 0 Å². The number of rotatable bonds is 3. The van der Waals surface area contributed by atoms with Crippen LogP contribution in [0.1, 0.15) is 44.4 Å². The van der Waals surface area contributed by atoms with Crippen molar-refractivity contribution in [3.05, 3.63) is 35.4 Å². The van der Waals surface area contributed by atoms with Crippen LogP contribution >= 0.6 is 0 Å². The van der Waals surface area contributed by atoms with Gasteiger partial charge in [-0.05, 0) is 23.5 Å². The number of aliphatic hydroxyl groups is 1. The average Bonchev–Trinajstić information content (AvgIpc) is 2.26. The molecule has 0 aliphatic heterocycles. The molecule has 2 atom stereocenters. The van der Waals surface area contributed by atoms with Gasteiger partial charge >= 0.3 is 6.18 Å². The zero-order valence-electron chi connectivity index (χ0n) is 11.3. The van der Waals surface area contributed by atoms with Gasteiger partial charge in [-0.1, -0.05) is 39.0 Å².